The van der Waals surface area contributed by atoms with Crippen LogP contribution in [0.15, 0.2) is 72.8 Å². The van der Waals surface area contributed by atoms with Crippen molar-refractivity contribution in [3.05, 3.63) is 101 Å². The summed E-state index contributed by atoms with van der Waals surface area (Å²) in [5.41, 5.74) is 2.79. The van der Waals surface area contributed by atoms with Gasteiger partial charge in [-0.1, -0.05) is 24.3 Å². The van der Waals surface area contributed by atoms with E-state index in [9.17, 15) is 23.4 Å². The van der Waals surface area contributed by atoms with E-state index in [0.717, 1.165) is 16.8 Å². The van der Waals surface area contributed by atoms with E-state index in [1.165, 1.54) is 36.4 Å². The number of benzene rings is 3. The molecule has 3 aromatic carbocycles. The van der Waals surface area contributed by atoms with Crippen molar-refractivity contribution >= 4 is 42.9 Å². The van der Waals surface area contributed by atoms with Gasteiger partial charge in [0, 0.05) is 51.5 Å². The standard InChI is InChI=1S/C30H34F3N3O3.3ClH/c31-23-5-1-21(2-6-23)17-34(18-22-3-7-24(32)8-4-22)19-27-29(30(38)28(20-37)39-27)36-15-13-35(14-16-36)26-11-9-25(33)10-12-26;;;/h1-12,27-30,37-38H,13-20H2;3*1H/t27-,28+,29+,30-;;;/m1.../s1. The molecule has 2 aliphatic rings. The van der Waals surface area contributed by atoms with Crippen LogP contribution in [0.4, 0.5) is 18.9 Å². The van der Waals surface area contributed by atoms with Crippen LogP contribution >= 0.6 is 37.2 Å². The van der Waals surface area contributed by atoms with Crippen molar-refractivity contribution in [3.8, 4) is 0 Å². The van der Waals surface area contributed by atoms with Crippen LogP contribution in [0.5, 0.6) is 0 Å². The number of anilines is 1. The monoisotopic (exact) mass is 649 g/mol. The summed E-state index contributed by atoms with van der Waals surface area (Å²) < 4.78 is 46.6. The van der Waals surface area contributed by atoms with Crippen LogP contribution in [-0.2, 0) is 17.8 Å². The lowest BCUT2D eigenvalue weighted by atomic mass is 10.0. The van der Waals surface area contributed by atoms with E-state index in [-0.39, 0.29) is 67.3 Å². The molecule has 42 heavy (non-hydrogen) atoms. The summed E-state index contributed by atoms with van der Waals surface area (Å²) in [6.07, 6.45) is -1.96. The van der Waals surface area contributed by atoms with Gasteiger partial charge in [0.15, 0.2) is 0 Å². The number of aliphatic hydroxyl groups is 2. The van der Waals surface area contributed by atoms with Gasteiger partial charge in [0.1, 0.15) is 29.7 Å². The van der Waals surface area contributed by atoms with Crippen molar-refractivity contribution in [3.63, 3.8) is 0 Å². The Kier molecular flexibility index (Phi) is 14.3. The molecule has 0 aromatic heterocycles. The molecule has 2 fully saturated rings. The van der Waals surface area contributed by atoms with Crippen molar-refractivity contribution in [2.75, 3.05) is 44.2 Å². The third-order valence-corrected chi connectivity index (χ3v) is 7.65. The first kappa shape index (κ1) is 36.1. The molecule has 0 radical (unpaired) electrons. The average Bonchev–Trinajstić information content (AvgIpc) is 3.26. The van der Waals surface area contributed by atoms with Crippen molar-refractivity contribution in [1.82, 2.24) is 9.80 Å². The SMILES string of the molecule is Cl.Cl.Cl.OC[C@@H]1O[C@H](CN(Cc2ccc(F)cc2)Cc2ccc(F)cc2)[C@H](N2CCN(c3ccc(F)cc3)CC2)[C@@H]1O. The summed E-state index contributed by atoms with van der Waals surface area (Å²) >= 11 is 0. The third-order valence-electron chi connectivity index (χ3n) is 7.65. The molecule has 4 atom stereocenters. The van der Waals surface area contributed by atoms with Gasteiger partial charge < -0.3 is 19.8 Å². The molecule has 3 aromatic rings. The molecule has 0 spiro atoms. The molecule has 12 heteroatoms. The molecular formula is C30H37Cl3F3N3O3. The number of halogens is 6. The molecule has 2 saturated heterocycles. The fourth-order valence-corrected chi connectivity index (χ4v) is 5.64. The van der Waals surface area contributed by atoms with Gasteiger partial charge in [0.25, 0.3) is 0 Å². The molecule has 5 rings (SSSR count). The van der Waals surface area contributed by atoms with Gasteiger partial charge in [0.05, 0.1) is 18.8 Å². The largest absolute Gasteiger partial charge is 0.394 e. The van der Waals surface area contributed by atoms with Crippen molar-refractivity contribution < 1.29 is 28.1 Å². The quantitative estimate of drug-likeness (QED) is 0.351. The third kappa shape index (κ3) is 8.97. The van der Waals surface area contributed by atoms with E-state index in [2.05, 4.69) is 14.7 Å². The fraction of sp³-hybridized carbons (Fsp3) is 0.400. The summed E-state index contributed by atoms with van der Waals surface area (Å²) in [6.45, 7) is 3.93. The minimum atomic E-state index is -0.865. The summed E-state index contributed by atoms with van der Waals surface area (Å²) in [5.74, 6) is -0.888. The zero-order valence-electron chi connectivity index (χ0n) is 22.9. The second kappa shape index (κ2) is 16.7. The Hall–Kier alpha value is -2.08. The van der Waals surface area contributed by atoms with Gasteiger partial charge in [-0.25, -0.2) is 13.2 Å². The molecule has 2 heterocycles. The van der Waals surface area contributed by atoms with Gasteiger partial charge in [-0.3, -0.25) is 9.80 Å². The summed E-state index contributed by atoms with van der Waals surface area (Å²) in [5, 5.41) is 21.1. The number of hydrogen-bond donors (Lipinski definition) is 2. The van der Waals surface area contributed by atoms with Crippen LogP contribution in [0, 0.1) is 17.5 Å². The summed E-state index contributed by atoms with van der Waals surface area (Å²) in [6, 6.07) is 18.8. The Labute approximate surface area is 263 Å². The van der Waals surface area contributed by atoms with Crippen molar-refractivity contribution in [2.24, 2.45) is 0 Å². The van der Waals surface area contributed by atoms with Gasteiger partial charge in [-0.05, 0) is 59.7 Å². The minimum Gasteiger partial charge on any atom is -0.394 e. The Morgan fingerprint density at radius 1 is 0.690 bits per heavy atom. The van der Waals surface area contributed by atoms with E-state index in [1.54, 1.807) is 36.4 Å². The van der Waals surface area contributed by atoms with E-state index in [1.807, 2.05) is 0 Å². The predicted molar refractivity (Wildman–Crippen MR) is 164 cm³/mol. The number of nitrogens with zero attached hydrogens (tertiary/aromatic N) is 3. The lowest BCUT2D eigenvalue weighted by Crippen LogP contribution is -2.57. The highest BCUT2D eigenvalue weighted by Crippen LogP contribution is 2.29. The normalized spacial score (nSPS) is 22.3. The molecular weight excluding hydrogens is 614 g/mol. The average molecular weight is 651 g/mol. The Morgan fingerprint density at radius 3 is 1.60 bits per heavy atom. The number of ether oxygens (including phenoxy) is 1. The van der Waals surface area contributed by atoms with Crippen LogP contribution in [0.2, 0.25) is 0 Å². The maximum Gasteiger partial charge on any atom is 0.123 e. The maximum absolute atomic E-state index is 13.5. The molecule has 2 N–H and O–H groups in total. The van der Waals surface area contributed by atoms with Gasteiger partial charge in [-0.2, -0.15) is 0 Å². The first-order valence-electron chi connectivity index (χ1n) is 13.3. The second-order valence-corrected chi connectivity index (χ2v) is 10.3. The van der Waals surface area contributed by atoms with Crippen LogP contribution in [-0.4, -0.2) is 83.7 Å². The molecule has 232 valence electrons. The number of rotatable bonds is 9. The molecule has 0 bridgehead atoms. The molecule has 0 saturated carbocycles. The highest BCUT2D eigenvalue weighted by atomic mass is 35.5. The first-order valence-corrected chi connectivity index (χ1v) is 13.3. The molecule has 2 aliphatic heterocycles. The van der Waals surface area contributed by atoms with Crippen molar-refractivity contribution in [2.45, 2.75) is 37.4 Å². The van der Waals surface area contributed by atoms with Crippen LogP contribution < -0.4 is 4.90 Å². The van der Waals surface area contributed by atoms with E-state index >= 15 is 0 Å². The zero-order chi connectivity index (χ0) is 27.4. The number of aliphatic hydroxyl groups excluding tert-OH is 2. The van der Waals surface area contributed by atoms with Crippen LogP contribution in [0.1, 0.15) is 11.1 Å². The number of piperazine rings is 1. The predicted octanol–water partition coefficient (Wildman–Crippen LogP) is 4.68. The lowest BCUT2D eigenvalue weighted by molar-refractivity contribution is -0.0325. The first-order chi connectivity index (χ1) is 18.9. The van der Waals surface area contributed by atoms with Crippen LogP contribution in [0.25, 0.3) is 0 Å². The molecule has 0 amide bonds. The van der Waals surface area contributed by atoms with E-state index in [0.29, 0.717) is 45.8 Å². The maximum atomic E-state index is 13.5. The Morgan fingerprint density at radius 2 is 1.14 bits per heavy atom. The topological polar surface area (TPSA) is 59.4 Å². The zero-order valence-corrected chi connectivity index (χ0v) is 25.3. The Bertz CT molecular complexity index is 1160. The number of hydrogen-bond acceptors (Lipinski definition) is 6. The van der Waals surface area contributed by atoms with Gasteiger partial charge >= 0.3 is 0 Å². The molecule has 6 nitrogen and oxygen atoms in total. The van der Waals surface area contributed by atoms with E-state index in [4.69, 9.17) is 4.74 Å². The van der Waals surface area contributed by atoms with Crippen molar-refractivity contribution in [1.29, 1.82) is 0 Å². The second-order valence-electron chi connectivity index (χ2n) is 10.3. The van der Waals surface area contributed by atoms with Crippen LogP contribution in [0.3, 0.4) is 0 Å². The summed E-state index contributed by atoms with van der Waals surface area (Å²) in [7, 11) is 0. The van der Waals surface area contributed by atoms with Gasteiger partial charge in [0.2, 0.25) is 0 Å². The van der Waals surface area contributed by atoms with Gasteiger partial charge in [-0.15, -0.1) is 37.2 Å². The minimum absolute atomic E-state index is 0. The lowest BCUT2D eigenvalue weighted by Gasteiger charge is -2.42. The molecule has 0 unspecified atom stereocenters. The highest BCUT2D eigenvalue weighted by Gasteiger charge is 2.47. The van der Waals surface area contributed by atoms with E-state index < -0.39 is 18.3 Å². The Balaban J connectivity index is 0.00000205. The smallest absolute Gasteiger partial charge is 0.123 e. The highest BCUT2D eigenvalue weighted by molar-refractivity contribution is 5.86. The summed E-state index contributed by atoms with van der Waals surface area (Å²) in [4.78, 5) is 6.53. The molecule has 0 aliphatic carbocycles. The fourth-order valence-electron chi connectivity index (χ4n) is 5.64.